The summed E-state index contributed by atoms with van der Waals surface area (Å²) in [6, 6.07) is 7.95. The van der Waals surface area contributed by atoms with Gasteiger partial charge in [0, 0.05) is 17.5 Å². The molecule has 0 amide bonds. The van der Waals surface area contributed by atoms with Crippen LogP contribution in [0.15, 0.2) is 29.6 Å². The van der Waals surface area contributed by atoms with E-state index in [0.717, 1.165) is 22.7 Å². The molecule has 2 N–H and O–H groups in total. The largest absolute Gasteiger partial charge is 0.480 e. The standard InChI is InChI=1S/C19H26N2O2S/c1-5-13(4)17(19(22)23)20-10-16-11-24-18(21-16)15-8-6-14(7-9-15)12(2)3/h6-9,11-13,17,20H,5,10H2,1-4H3,(H,22,23)/t13-,17-/m0/s1. The SMILES string of the molecule is CC[C@H](C)[C@H](NCc1csc(-c2ccc(C(C)C)cc2)n1)C(=O)O. The van der Waals surface area contributed by atoms with E-state index in [1.165, 1.54) is 5.56 Å². The summed E-state index contributed by atoms with van der Waals surface area (Å²) in [5.41, 5.74) is 3.31. The first kappa shape index (κ1) is 18.6. The Labute approximate surface area is 148 Å². The molecule has 24 heavy (non-hydrogen) atoms. The molecule has 0 aliphatic carbocycles. The fourth-order valence-electron chi connectivity index (χ4n) is 2.51. The summed E-state index contributed by atoms with van der Waals surface area (Å²) in [4.78, 5) is 16.0. The zero-order chi connectivity index (χ0) is 17.7. The highest BCUT2D eigenvalue weighted by Gasteiger charge is 2.22. The molecule has 1 aromatic carbocycles. The molecule has 2 aromatic rings. The van der Waals surface area contributed by atoms with E-state index in [1.54, 1.807) is 11.3 Å². The maximum atomic E-state index is 11.4. The molecule has 1 aromatic heterocycles. The Balaban J connectivity index is 2.03. The Morgan fingerprint density at radius 1 is 1.25 bits per heavy atom. The van der Waals surface area contributed by atoms with Crippen LogP contribution >= 0.6 is 11.3 Å². The van der Waals surface area contributed by atoms with E-state index in [1.807, 2.05) is 19.2 Å². The lowest BCUT2D eigenvalue weighted by Gasteiger charge is -2.19. The van der Waals surface area contributed by atoms with Crippen molar-refractivity contribution in [2.45, 2.75) is 52.6 Å². The lowest BCUT2D eigenvalue weighted by Crippen LogP contribution is -2.41. The number of carboxylic acid groups (broad SMARTS) is 1. The van der Waals surface area contributed by atoms with Gasteiger partial charge in [-0.25, -0.2) is 4.98 Å². The summed E-state index contributed by atoms with van der Waals surface area (Å²) in [7, 11) is 0. The predicted molar refractivity (Wildman–Crippen MR) is 99.4 cm³/mol. The molecule has 0 fully saturated rings. The molecular weight excluding hydrogens is 320 g/mol. The first-order valence-corrected chi connectivity index (χ1v) is 9.31. The Kier molecular flexibility index (Phi) is 6.52. The van der Waals surface area contributed by atoms with Crippen molar-refractivity contribution in [3.63, 3.8) is 0 Å². The molecule has 2 rings (SSSR count). The first-order valence-electron chi connectivity index (χ1n) is 8.43. The second-order valence-corrected chi connectivity index (χ2v) is 7.36. The van der Waals surface area contributed by atoms with Crippen molar-refractivity contribution in [2.75, 3.05) is 0 Å². The van der Waals surface area contributed by atoms with Crippen LogP contribution < -0.4 is 5.32 Å². The van der Waals surface area contributed by atoms with Crippen molar-refractivity contribution in [3.05, 3.63) is 40.9 Å². The molecule has 1 heterocycles. The average molecular weight is 346 g/mol. The summed E-state index contributed by atoms with van der Waals surface area (Å²) >= 11 is 1.59. The summed E-state index contributed by atoms with van der Waals surface area (Å²) in [6.45, 7) is 8.79. The van der Waals surface area contributed by atoms with Crippen molar-refractivity contribution >= 4 is 17.3 Å². The molecule has 0 unspecified atom stereocenters. The zero-order valence-corrected chi connectivity index (χ0v) is 15.6. The van der Waals surface area contributed by atoms with Gasteiger partial charge in [-0.1, -0.05) is 58.4 Å². The molecule has 0 saturated carbocycles. The zero-order valence-electron chi connectivity index (χ0n) is 14.7. The molecule has 4 nitrogen and oxygen atoms in total. The minimum atomic E-state index is -0.802. The predicted octanol–water partition coefficient (Wildman–Crippen LogP) is 4.52. The number of rotatable bonds is 8. The number of carboxylic acids is 1. The van der Waals surface area contributed by atoms with E-state index in [0.29, 0.717) is 12.5 Å². The number of aliphatic carboxylic acids is 1. The van der Waals surface area contributed by atoms with Gasteiger partial charge in [-0.3, -0.25) is 10.1 Å². The Bertz CT molecular complexity index is 664. The summed E-state index contributed by atoms with van der Waals surface area (Å²) < 4.78 is 0. The molecule has 130 valence electrons. The number of nitrogens with zero attached hydrogens (tertiary/aromatic N) is 1. The summed E-state index contributed by atoms with van der Waals surface area (Å²) in [5, 5.41) is 15.4. The number of carbonyl (C=O) groups is 1. The molecule has 0 saturated heterocycles. The monoisotopic (exact) mass is 346 g/mol. The molecule has 2 atom stereocenters. The highest BCUT2D eigenvalue weighted by molar-refractivity contribution is 7.13. The van der Waals surface area contributed by atoms with Gasteiger partial charge in [0.2, 0.25) is 0 Å². The molecule has 0 bridgehead atoms. The van der Waals surface area contributed by atoms with Crippen LogP contribution in [0.2, 0.25) is 0 Å². The van der Waals surface area contributed by atoms with Gasteiger partial charge in [-0.05, 0) is 17.4 Å². The van der Waals surface area contributed by atoms with Crippen molar-refractivity contribution in [1.82, 2.24) is 10.3 Å². The van der Waals surface area contributed by atoms with E-state index in [-0.39, 0.29) is 5.92 Å². The molecule has 0 aliphatic heterocycles. The van der Waals surface area contributed by atoms with E-state index >= 15 is 0 Å². The van der Waals surface area contributed by atoms with Crippen LogP contribution in [0.1, 0.15) is 51.3 Å². The van der Waals surface area contributed by atoms with Crippen LogP contribution in [0.3, 0.4) is 0 Å². The number of aromatic nitrogens is 1. The van der Waals surface area contributed by atoms with Crippen LogP contribution in [0.25, 0.3) is 10.6 Å². The van der Waals surface area contributed by atoms with E-state index in [9.17, 15) is 9.90 Å². The van der Waals surface area contributed by atoms with Gasteiger partial charge in [0.1, 0.15) is 11.0 Å². The summed E-state index contributed by atoms with van der Waals surface area (Å²) in [5.74, 6) is -0.197. The van der Waals surface area contributed by atoms with Gasteiger partial charge in [0.15, 0.2) is 0 Å². The van der Waals surface area contributed by atoms with Crippen LogP contribution in [-0.4, -0.2) is 22.1 Å². The molecule has 0 spiro atoms. The first-order chi connectivity index (χ1) is 11.4. The van der Waals surface area contributed by atoms with Gasteiger partial charge in [-0.2, -0.15) is 0 Å². The quantitative estimate of drug-likeness (QED) is 0.737. The smallest absolute Gasteiger partial charge is 0.320 e. The minimum Gasteiger partial charge on any atom is -0.480 e. The van der Waals surface area contributed by atoms with Gasteiger partial charge < -0.3 is 5.11 Å². The third kappa shape index (κ3) is 4.65. The van der Waals surface area contributed by atoms with Gasteiger partial charge >= 0.3 is 5.97 Å². The fourth-order valence-corrected chi connectivity index (χ4v) is 3.34. The van der Waals surface area contributed by atoms with E-state index in [4.69, 9.17) is 0 Å². The highest BCUT2D eigenvalue weighted by Crippen LogP contribution is 2.26. The van der Waals surface area contributed by atoms with E-state index in [2.05, 4.69) is 48.4 Å². The van der Waals surface area contributed by atoms with Gasteiger partial charge in [0.05, 0.1) is 5.69 Å². The van der Waals surface area contributed by atoms with Crippen molar-refractivity contribution in [3.8, 4) is 10.6 Å². The molecule has 0 radical (unpaired) electrons. The molecule has 5 heteroatoms. The second-order valence-electron chi connectivity index (χ2n) is 6.50. The molecule has 0 aliphatic rings. The third-order valence-corrected chi connectivity index (χ3v) is 5.30. The van der Waals surface area contributed by atoms with Gasteiger partial charge in [-0.15, -0.1) is 11.3 Å². The van der Waals surface area contributed by atoms with Crippen LogP contribution in [0.4, 0.5) is 0 Å². The second kappa shape index (κ2) is 8.40. The Morgan fingerprint density at radius 3 is 2.46 bits per heavy atom. The number of thiazole rings is 1. The van der Waals surface area contributed by atoms with E-state index < -0.39 is 12.0 Å². The van der Waals surface area contributed by atoms with Crippen molar-refractivity contribution in [2.24, 2.45) is 5.92 Å². The van der Waals surface area contributed by atoms with Crippen LogP contribution in [0.5, 0.6) is 0 Å². The highest BCUT2D eigenvalue weighted by atomic mass is 32.1. The topological polar surface area (TPSA) is 62.2 Å². The Morgan fingerprint density at radius 2 is 1.92 bits per heavy atom. The molecular formula is C19H26N2O2S. The lowest BCUT2D eigenvalue weighted by atomic mass is 9.99. The lowest BCUT2D eigenvalue weighted by molar-refractivity contribution is -0.140. The van der Waals surface area contributed by atoms with Gasteiger partial charge in [0.25, 0.3) is 0 Å². The van der Waals surface area contributed by atoms with Crippen molar-refractivity contribution < 1.29 is 9.90 Å². The number of hydrogen-bond donors (Lipinski definition) is 2. The van der Waals surface area contributed by atoms with Crippen molar-refractivity contribution in [1.29, 1.82) is 0 Å². The maximum absolute atomic E-state index is 11.4. The fraction of sp³-hybridized carbons (Fsp3) is 0.474. The minimum absolute atomic E-state index is 0.0872. The normalized spacial score (nSPS) is 13.9. The number of benzene rings is 1. The van der Waals surface area contributed by atoms with Crippen LogP contribution in [-0.2, 0) is 11.3 Å². The number of hydrogen-bond acceptors (Lipinski definition) is 4. The third-order valence-electron chi connectivity index (χ3n) is 4.36. The Hall–Kier alpha value is -1.72. The average Bonchev–Trinajstić information content (AvgIpc) is 3.03. The summed E-state index contributed by atoms with van der Waals surface area (Å²) in [6.07, 6.45) is 0.828. The number of nitrogens with one attached hydrogen (secondary N) is 1. The van der Waals surface area contributed by atoms with Crippen LogP contribution in [0, 0.1) is 5.92 Å². The maximum Gasteiger partial charge on any atom is 0.320 e.